The van der Waals surface area contributed by atoms with E-state index >= 15 is 0 Å². The van der Waals surface area contributed by atoms with Crippen LogP contribution in [0.3, 0.4) is 0 Å². The average Bonchev–Trinajstić information content (AvgIpc) is 2.95. The van der Waals surface area contributed by atoms with Crippen LogP contribution in [0, 0.1) is 5.92 Å². The summed E-state index contributed by atoms with van der Waals surface area (Å²) in [4.78, 5) is 13.8. The molecular weight excluding hydrogens is 309 g/mol. The van der Waals surface area contributed by atoms with Gasteiger partial charge in [0.15, 0.2) is 0 Å². The Morgan fingerprint density at radius 2 is 2.17 bits per heavy atom. The lowest BCUT2D eigenvalue weighted by molar-refractivity contribution is -0.152. The summed E-state index contributed by atoms with van der Waals surface area (Å²) in [6.45, 7) is -0.360. The minimum absolute atomic E-state index is 0.0806. The van der Waals surface area contributed by atoms with Gasteiger partial charge in [0.2, 0.25) is 5.91 Å². The van der Waals surface area contributed by atoms with Crippen molar-refractivity contribution in [3.05, 3.63) is 23.7 Å². The fraction of sp³-hybridized carbons (Fsp3) is 0.688. The molecule has 23 heavy (non-hydrogen) atoms. The van der Waals surface area contributed by atoms with E-state index in [2.05, 4.69) is 5.32 Å². The van der Waals surface area contributed by atoms with E-state index < -0.39 is 12.7 Å². The van der Waals surface area contributed by atoms with Crippen molar-refractivity contribution in [1.29, 1.82) is 0 Å². The normalized spacial score (nSPS) is 25.9. The Labute approximate surface area is 133 Å². The maximum atomic E-state index is 12.5. The van der Waals surface area contributed by atoms with Crippen molar-refractivity contribution in [2.24, 2.45) is 5.92 Å². The van der Waals surface area contributed by atoms with Crippen molar-refractivity contribution in [3.63, 3.8) is 0 Å². The number of hydrogen-bond acceptors (Lipinski definition) is 3. The summed E-state index contributed by atoms with van der Waals surface area (Å²) < 4.78 is 43.0. The summed E-state index contributed by atoms with van der Waals surface area (Å²) in [6, 6.07) is 1.79. The van der Waals surface area contributed by atoms with E-state index in [1.54, 1.807) is 6.26 Å². The van der Waals surface area contributed by atoms with Crippen molar-refractivity contribution in [2.75, 3.05) is 19.6 Å². The van der Waals surface area contributed by atoms with Crippen molar-refractivity contribution in [3.8, 4) is 0 Å². The van der Waals surface area contributed by atoms with E-state index in [1.807, 2.05) is 6.07 Å². The molecule has 2 unspecified atom stereocenters. The molecule has 1 saturated heterocycles. The summed E-state index contributed by atoms with van der Waals surface area (Å²) in [5.74, 6) is 0.392. The molecule has 1 aliphatic heterocycles. The van der Waals surface area contributed by atoms with Crippen LogP contribution in [0.4, 0.5) is 13.2 Å². The quantitative estimate of drug-likeness (QED) is 0.926. The van der Waals surface area contributed by atoms with Crippen LogP contribution >= 0.6 is 0 Å². The minimum Gasteiger partial charge on any atom is -0.469 e. The molecule has 7 heteroatoms. The number of rotatable bonds is 3. The predicted octanol–water partition coefficient (Wildman–Crippen LogP) is 3.05. The molecule has 1 aromatic rings. The van der Waals surface area contributed by atoms with Crippen LogP contribution in [-0.2, 0) is 11.2 Å². The number of fused-ring (bicyclic) bond motifs is 1. The first-order chi connectivity index (χ1) is 10.9. The summed E-state index contributed by atoms with van der Waals surface area (Å²) in [7, 11) is 0. The summed E-state index contributed by atoms with van der Waals surface area (Å²) in [5.41, 5.74) is 1.01. The van der Waals surface area contributed by atoms with E-state index in [1.165, 1.54) is 4.90 Å². The molecule has 0 bridgehead atoms. The fourth-order valence-electron chi connectivity index (χ4n) is 3.59. The zero-order valence-corrected chi connectivity index (χ0v) is 12.9. The second kappa shape index (κ2) is 6.55. The first kappa shape index (κ1) is 16.4. The molecule has 1 aliphatic carbocycles. The van der Waals surface area contributed by atoms with Crippen molar-refractivity contribution >= 4 is 5.91 Å². The molecule has 1 N–H and O–H groups in total. The first-order valence-corrected chi connectivity index (χ1v) is 8.08. The second-order valence-corrected chi connectivity index (χ2v) is 6.44. The lowest BCUT2D eigenvalue weighted by atomic mass is 9.91. The fourth-order valence-corrected chi connectivity index (χ4v) is 3.59. The van der Waals surface area contributed by atoms with Crippen LogP contribution in [0.5, 0.6) is 0 Å². The summed E-state index contributed by atoms with van der Waals surface area (Å²) in [6.07, 6.45) is 1.33. The van der Waals surface area contributed by atoms with Gasteiger partial charge in [0.1, 0.15) is 5.76 Å². The Bertz CT molecular complexity index is 556. The maximum absolute atomic E-state index is 12.5. The van der Waals surface area contributed by atoms with Gasteiger partial charge in [-0.05, 0) is 38.3 Å². The van der Waals surface area contributed by atoms with Gasteiger partial charge in [0, 0.05) is 18.5 Å². The molecule has 1 fully saturated rings. The number of halogens is 3. The lowest BCUT2D eigenvalue weighted by Gasteiger charge is -2.33. The van der Waals surface area contributed by atoms with Gasteiger partial charge in [-0.2, -0.15) is 13.2 Å². The number of piperidine rings is 1. The van der Waals surface area contributed by atoms with Crippen molar-refractivity contribution in [1.82, 2.24) is 10.2 Å². The third-order valence-corrected chi connectivity index (χ3v) is 4.65. The van der Waals surface area contributed by atoms with Gasteiger partial charge in [-0.1, -0.05) is 0 Å². The average molecular weight is 330 g/mol. The molecule has 0 saturated carbocycles. The van der Waals surface area contributed by atoms with E-state index in [-0.39, 0.29) is 24.4 Å². The third-order valence-electron chi connectivity index (χ3n) is 4.65. The zero-order valence-electron chi connectivity index (χ0n) is 12.9. The molecule has 128 valence electrons. The molecule has 4 nitrogen and oxygen atoms in total. The Hall–Kier alpha value is -1.50. The van der Waals surface area contributed by atoms with Crippen LogP contribution < -0.4 is 5.32 Å². The van der Waals surface area contributed by atoms with Gasteiger partial charge >= 0.3 is 6.18 Å². The van der Waals surface area contributed by atoms with E-state index in [9.17, 15) is 18.0 Å². The number of likely N-dealkylation sites (tertiary alicyclic amines) is 1. The predicted molar refractivity (Wildman–Crippen MR) is 77.7 cm³/mol. The number of furan rings is 1. The summed E-state index contributed by atoms with van der Waals surface area (Å²) in [5, 5.41) is 3.01. The standard InChI is InChI=1S/C16H21F3N2O2/c17-16(18,19)10-21-7-2-3-11(9-21)15(22)20-13-4-1-5-14-12(13)6-8-23-14/h6,8,11,13H,1-5,7,9-10H2,(H,20,22). The SMILES string of the molecule is O=C(NC1CCCc2occc21)C1CCCN(CC(F)(F)F)C1. The highest BCUT2D eigenvalue weighted by Gasteiger charge is 2.35. The van der Waals surface area contributed by atoms with E-state index in [4.69, 9.17) is 4.42 Å². The molecule has 0 spiro atoms. The van der Waals surface area contributed by atoms with Gasteiger partial charge < -0.3 is 9.73 Å². The molecule has 2 atom stereocenters. The van der Waals surface area contributed by atoms with Gasteiger partial charge in [-0.15, -0.1) is 0 Å². The molecule has 3 rings (SSSR count). The van der Waals surface area contributed by atoms with E-state index in [0.717, 1.165) is 30.6 Å². The molecule has 1 amide bonds. The molecule has 0 aromatic carbocycles. The topological polar surface area (TPSA) is 45.5 Å². The number of hydrogen-bond donors (Lipinski definition) is 1. The largest absolute Gasteiger partial charge is 0.469 e. The third kappa shape index (κ3) is 4.07. The Morgan fingerprint density at radius 3 is 2.96 bits per heavy atom. The minimum atomic E-state index is -4.21. The number of alkyl halides is 3. The number of nitrogens with zero attached hydrogens (tertiary/aromatic N) is 1. The summed E-state index contributed by atoms with van der Waals surface area (Å²) >= 11 is 0. The second-order valence-electron chi connectivity index (χ2n) is 6.44. The molecular formula is C16H21F3N2O2. The maximum Gasteiger partial charge on any atom is 0.401 e. The molecule has 2 heterocycles. The highest BCUT2D eigenvalue weighted by atomic mass is 19.4. The highest BCUT2D eigenvalue weighted by Crippen LogP contribution is 2.31. The van der Waals surface area contributed by atoms with E-state index in [0.29, 0.717) is 19.4 Å². The van der Waals surface area contributed by atoms with Crippen molar-refractivity contribution in [2.45, 2.75) is 44.3 Å². The smallest absolute Gasteiger partial charge is 0.401 e. The van der Waals surface area contributed by atoms with Gasteiger partial charge in [0.25, 0.3) is 0 Å². The molecule has 2 aliphatic rings. The molecule has 1 aromatic heterocycles. The Kier molecular flexibility index (Phi) is 4.66. The van der Waals surface area contributed by atoms with Crippen LogP contribution in [0.1, 0.15) is 43.0 Å². The lowest BCUT2D eigenvalue weighted by Crippen LogP contribution is -2.46. The van der Waals surface area contributed by atoms with Crippen LogP contribution in [0.15, 0.2) is 16.7 Å². The number of aryl methyl sites for hydroxylation is 1. The van der Waals surface area contributed by atoms with Crippen molar-refractivity contribution < 1.29 is 22.4 Å². The number of nitrogens with one attached hydrogen (secondary N) is 1. The van der Waals surface area contributed by atoms with Crippen LogP contribution in [0.25, 0.3) is 0 Å². The van der Waals surface area contributed by atoms with Crippen LogP contribution in [-0.4, -0.2) is 36.6 Å². The van der Waals surface area contributed by atoms with Gasteiger partial charge in [-0.25, -0.2) is 0 Å². The molecule has 0 radical (unpaired) electrons. The monoisotopic (exact) mass is 330 g/mol. The van der Waals surface area contributed by atoms with Gasteiger partial charge in [-0.3, -0.25) is 9.69 Å². The Balaban J connectivity index is 1.58. The number of carbonyl (C=O) groups excluding carboxylic acids is 1. The first-order valence-electron chi connectivity index (χ1n) is 8.08. The zero-order chi connectivity index (χ0) is 16.4. The Morgan fingerprint density at radius 1 is 1.35 bits per heavy atom. The van der Waals surface area contributed by atoms with Gasteiger partial charge in [0.05, 0.1) is 24.8 Å². The number of amides is 1. The number of carbonyl (C=O) groups is 1. The highest BCUT2D eigenvalue weighted by molar-refractivity contribution is 5.79. The van der Waals surface area contributed by atoms with Crippen LogP contribution in [0.2, 0.25) is 0 Å².